The van der Waals surface area contributed by atoms with E-state index in [1.165, 1.54) is 90.9 Å². The van der Waals surface area contributed by atoms with Crippen LogP contribution in [-0.4, -0.2) is 58.0 Å². The molecule has 0 radical (unpaired) electrons. The van der Waals surface area contributed by atoms with E-state index in [9.17, 15) is 33.9 Å². The molecule has 0 amide bonds. The van der Waals surface area contributed by atoms with Crippen molar-refractivity contribution in [1.29, 1.82) is 0 Å². The van der Waals surface area contributed by atoms with Crippen LogP contribution in [0.1, 0.15) is 197 Å². The third kappa shape index (κ3) is 22.2. The number of rotatable bonds is 13. The topological polar surface area (TPSA) is 152 Å². The van der Waals surface area contributed by atoms with Crippen LogP contribution < -0.4 is 0 Å². The van der Waals surface area contributed by atoms with Gasteiger partial charge in [0.2, 0.25) is 0 Å². The van der Waals surface area contributed by atoms with E-state index in [0.29, 0.717) is 36.1 Å². The minimum absolute atomic E-state index is 0.0139. The van der Waals surface area contributed by atoms with E-state index >= 15 is 0 Å². The third-order valence-electron chi connectivity index (χ3n) is 12.4. The molecule has 0 unspecified atom stereocenters. The molecular formula is C46H80O9. The van der Waals surface area contributed by atoms with Crippen LogP contribution in [0.15, 0.2) is 0 Å². The number of aliphatic hydroxyl groups is 1. The molecule has 9 nitrogen and oxygen atoms in total. The Hall–Kier alpha value is -2.42. The number of carboxylic acid groups (broad SMARTS) is 1. The highest BCUT2D eigenvalue weighted by Gasteiger charge is 2.31. The normalized spacial score (nSPS) is 21.0. The van der Waals surface area contributed by atoms with E-state index in [2.05, 4.69) is 6.92 Å². The fourth-order valence-electron chi connectivity index (χ4n) is 8.83. The van der Waals surface area contributed by atoms with Gasteiger partial charge in [-0.3, -0.25) is 28.8 Å². The van der Waals surface area contributed by atoms with Crippen molar-refractivity contribution >= 4 is 35.1 Å². The van der Waals surface area contributed by atoms with Crippen molar-refractivity contribution in [2.75, 3.05) is 6.61 Å². The Morgan fingerprint density at radius 2 is 0.873 bits per heavy atom. The number of hydrogen-bond acceptors (Lipinski definition) is 8. The molecule has 0 aromatic heterocycles. The van der Waals surface area contributed by atoms with Crippen molar-refractivity contribution in [3.8, 4) is 0 Å². The first-order chi connectivity index (χ1) is 25.8. The van der Waals surface area contributed by atoms with Crippen molar-refractivity contribution in [3.63, 3.8) is 0 Å². The van der Waals surface area contributed by atoms with E-state index in [-0.39, 0.29) is 59.3 Å². The fraction of sp³-hybridized carbons (Fsp3) is 0.870. The van der Waals surface area contributed by atoms with E-state index in [0.717, 1.165) is 51.4 Å². The molecule has 55 heavy (non-hydrogen) atoms. The summed E-state index contributed by atoms with van der Waals surface area (Å²) >= 11 is 0. The molecule has 0 saturated heterocycles. The van der Waals surface area contributed by atoms with Gasteiger partial charge in [-0.1, -0.05) is 105 Å². The zero-order valence-corrected chi connectivity index (χ0v) is 36.1. The van der Waals surface area contributed by atoms with Crippen molar-refractivity contribution in [1.82, 2.24) is 0 Å². The summed E-state index contributed by atoms with van der Waals surface area (Å²) in [5.41, 5.74) is -0.0216. The summed E-state index contributed by atoms with van der Waals surface area (Å²) in [6.45, 7) is 14.9. The first kappa shape index (κ1) is 50.6. The van der Waals surface area contributed by atoms with Gasteiger partial charge in [-0.25, -0.2) is 0 Å². The van der Waals surface area contributed by atoms with Crippen LogP contribution in [0, 0.1) is 46.8 Å². The Kier molecular flexibility index (Phi) is 25.1. The predicted molar refractivity (Wildman–Crippen MR) is 218 cm³/mol. The van der Waals surface area contributed by atoms with E-state index in [1.54, 1.807) is 13.8 Å². The van der Waals surface area contributed by atoms with Gasteiger partial charge in [-0.05, 0) is 108 Å². The summed E-state index contributed by atoms with van der Waals surface area (Å²) in [6, 6.07) is 0. The number of carboxylic acids is 1. The molecule has 4 aliphatic rings. The summed E-state index contributed by atoms with van der Waals surface area (Å²) in [5.74, 6) is 0.994. The van der Waals surface area contributed by atoms with Gasteiger partial charge in [0.25, 0.3) is 0 Å². The molecule has 0 spiro atoms. The lowest BCUT2D eigenvalue weighted by Gasteiger charge is -2.28. The maximum Gasteiger partial charge on any atom is 0.306 e. The highest BCUT2D eigenvalue weighted by Crippen LogP contribution is 2.34. The Bertz CT molecular complexity index is 1110. The highest BCUT2D eigenvalue weighted by atomic mass is 16.5. The van der Waals surface area contributed by atoms with Gasteiger partial charge in [-0.15, -0.1) is 0 Å². The standard InChI is InChI=1S/C16H28O3.C11H18O3.C10H18O.C9H16O2/c1-12(17)14(13-8-6-5-7-9-13)10-15(18)19-11-16(2,3)4;1-8(12)10(7-11(13)14)9-5-3-2-4-6-9;1-8(9(2)11)10-6-4-3-5-7-10;1-7(10)9(11)8-5-3-2-4-6-8/h13-14H,5-11H2,1-4H3;9-10H,2-7H2,1H3,(H,13,14);8,10H,3-7H2,1-2H3;8-9,11H,2-6H2,1H3/t14-;10-;8-;9-/m1111/s1. The second-order valence-corrected chi connectivity index (χ2v) is 18.5. The molecule has 4 fully saturated rings. The van der Waals surface area contributed by atoms with Crippen molar-refractivity contribution in [2.24, 2.45) is 46.8 Å². The van der Waals surface area contributed by atoms with E-state index in [4.69, 9.17) is 9.84 Å². The maximum atomic E-state index is 11.9. The van der Waals surface area contributed by atoms with Gasteiger partial charge in [0.15, 0.2) is 5.78 Å². The Morgan fingerprint density at radius 1 is 0.527 bits per heavy atom. The lowest BCUT2D eigenvalue weighted by atomic mass is 9.77. The number of carbonyl (C=O) groups is 6. The average Bonchev–Trinajstić information content (AvgIpc) is 3.16. The fourth-order valence-corrected chi connectivity index (χ4v) is 8.83. The van der Waals surface area contributed by atoms with Crippen molar-refractivity contribution < 1.29 is 43.7 Å². The second kappa shape index (κ2) is 27.3. The average molecular weight is 777 g/mol. The van der Waals surface area contributed by atoms with Crippen LogP contribution in [-0.2, 0) is 33.5 Å². The van der Waals surface area contributed by atoms with Crippen LogP contribution in [0.3, 0.4) is 0 Å². The smallest absolute Gasteiger partial charge is 0.306 e. The summed E-state index contributed by atoms with van der Waals surface area (Å²) in [7, 11) is 0. The highest BCUT2D eigenvalue weighted by molar-refractivity contribution is 5.84. The molecule has 318 valence electrons. The third-order valence-corrected chi connectivity index (χ3v) is 12.4. The zero-order chi connectivity index (χ0) is 41.6. The number of esters is 1. The quantitative estimate of drug-likeness (QED) is 0.174. The first-order valence-corrected chi connectivity index (χ1v) is 21.9. The van der Waals surface area contributed by atoms with Crippen LogP contribution >= 0.6 is 0 Å². The van der Waals surface area contributed by atoms with Crippen molar-refractivity contribution in [2.45, 2.75) is 203 Å². The Morgan fingerprint density at radius 3 is 1.18 bits per heavy atom. The van der Waals surface area contributed by atoms with Crippen LogP contribution in [0.5, 0.6) is 0 Å². The molecule has 9 heteroatoms. The minimum atomic E-state index is -0.851. The molecule has 0 heterocycles. The Labute approximate surface area is 334 Å². The van der Waals surface area contributed by atoms with Crippen LogP contribution in [0.25, 0.3) is 0 Å². The van der Waals surface area contributed by atoms with E-state index in [1.807, 2.05) is 20.8 Å². The second-order valence-electron chi connectivity index (χ2n) is 18.5. The zero-order valence-electron chi connectivity index (χ0n) is 36.1. The molecule has 4 aliphatic carbocycles. The Balaban J connectivity index is 0.000000377. The molecule has 4 saturated carbocycles. The van der Waals surface area contributed by atoms with Crippen LogP contribution in [0.2, 0.25) is 0 Å². The molecule has 0 aliphatic heterocycles. The lowest BCUT2D eigenvalue weighted by Crippen LogP contribution is -2.29. The predicted octanol–water partition coefficient (Wildman–Crippen LogP) is 10.3. The molecular weight excluding hydrogens is 696 g/mol. The van der Waals surface area contributed by atoms with Gasteiger partial charge < -0.3 is 14.9 Å². The maximum absolute atomic E-state index is 11.9. The number of aliphatic carboxylic acids is 1. The van der Waals surface area contributed by atoms with Gasteiger partial charge in [-0.2, -0.15) is 0 Å². The monoisotopic (exact) mass is 777 g/mol. The summed E-state index contributed by atoms with van der Waals surface area (Å²) < 4.78 is 5.29. The molecule has 2 N–H and O–H groups in total. The first-order valence-electron chi connectivity index (χ1n) is 21.9. The van der Waals surface area contributed by atoms with Gasteiger partial charge in [0.05, 0.1) is 19.4 Å². The molecule has 4 rings (SSSR count). The number of carbonyl (C=O) groups excluding carboxylic acids is 5. The minimum Gasteiger partial charge on any atom is -0.481 e. The van der Waals surface area contributed by atoms with E-state index < -0.39 is 12.1 Å². The largest absolute Gasteiger partial charge is 0.481 e. The molecule has 0 bridgehead atoms. The molecule has 0 aromatic rings. The van der Waals surface area contributed by atoms with Gasteiger partial charge >= 0.3 is 11.9 Å². The lowest BCUT2D eigenvalue weighted by molar-refractivity contribution is -0.150. The summed E-state index contributed by atoms with van der Waals surface area (Å²) in [5, 5.41) is 18.1. The van der Waals surface area contributed by atoms with Gasteiger partial charge in [0, 0.05) is 17.8 Å². The number of aliphatic hydroxyl groups excluding tert-OH is 1. The molecule has 0 aromatic carbocycles. The number of hydrogen-bond donors (Lipinski definition) is 2. The molecule has 4 atom stereocenters. The summed E-state index contributed by atoms with van der Waals surface area (Å²) in [6.07, 6.45) is 23.2. The van der Waals surface area contributed by atoms with Crippen LogP contribution in [0.4, 0.5) is 0 Å². The van der Waals surface area contributed by atoms with Gasteiger partial charge in [0.1, 0.15) is 23.5 Å². The number of ketones is 4. The summed E-state index contributed by atoms with van der Waals surface area (Å²) in [4.78, 5) is 67.4. The number of Topliss-reactive ketones (excluding diaryl/α,β-unsaturated/α-hetero) is 4. The number of ether oxygens (including phenoxy) is 1. The van der Waals surface area contributed by atoms with Crippen molar-refractivity contribution in [3.05, 3.63) is 0 Å². The SMILES string of the molecule is CC(=O)[C@@H](C)C1CCCCC1.CC(=O)[C@@H](CC(=O)O)C1CCCCC1.CC(=O)[C@@H](CC(=O)OCC(C)(C)C)C1CCCCC1.CC(=O)[C@@H](O)C1CCCCC1.